The fraction of sp³-hybridized carbons (Fsp3) is 0.261. The maximum absolute atomic E-state index is 13.0. The van der Waals surface area contributed by atoms with Crippen LogP contribution in [0.5, 0.6) is 11.5 Å². The Balaban J connectivity index is 2.12. The minimum Gasteiger partial charge on any atom is -0.503 e. The SMILES string of the molecule is CCOC(=O)c1ccc(N2C(=O)C(O)=C(C(C)=O)[C@@H]2c2ccc(OC)cc2OC)cc1. The van der Waals surface area contributed by atoms with Gasteiger partial charge in [-0.3, -0.25) is 14.5 Å². The summed E-state index contributed by atoms with van der Waals surface area (Å²) >= 11 is 0. The lowest BCUT2D eigenvalue weighted by atomic mass is 9.95. The molecule has 0 bridgehead atoms. The summed E-state index contributed by atoms with van der Waals surface area (Å²) in [7, 11) is 2.97. The van der Waals surface area contributed by atoms with E-state index < -0.39 is 29.5 Å². The lowest BCUT2D eigenvalue weighted by Gasteiger charge is -2.28. The van der Waals surface area contributed by atoms with E-state index in [4.69, 9.17) is 14.2 Å². The molecule has 1 aliphatic heterocycles. The Morgan fingerprint density at radius 3 is 2.29 bits per heavy atom. The smallest absolute Gasteiger partial charge is 0.338 e. The van der Waals surface area contributed by atoms with Crippen LogP contribution >= 0.6 is 0 Å². The molecule has 2 aromatic rings. The van der Waals surface area contributed by atoms with Gasteiger partial charge in [0.05, 0.1) is 38.0 Å². The largest absolute Gasteiger partial charge is 0.503 e. The van der Waals surface area contributed by atoms with Crippen LogP contribution in [0.3, 0.4) is 0 Å². The Morgan fingerprint density at radius 2 is 1.74 bits per heavy atom. The van der Waals surface area contributed by atoms with E-state index >= 15 is 0 Å². The van der Waals surface area contributed by atoms with Gasteiger partial charge in [0.25, 0.3) is 5.91 Å². The molecule has 0 saturated carbocycles. The predicted octanol–water partition coefficient (Wildman–Crippen LogP) is 3.37. The van der Waals surface area contributed by atoms with Crippen LogP contribution in [0, 0.1) is 0 Å². The van der Waals surface area contributed by atoms with Crippen LogP contribution in [0.25, 0.3) is 0 Å². The minimum atomic E-state index is -0.917. The molecule has 1 atom stereocenters. The zero-order valence-corrected chi connectivity index (χ0v) is 17.7. The maximum Gasteiger partial charge on any atom is 0.338 e. The first-order chi connectivity index (χ1) is 14.8. The maximum atomic E-state index is 13.0. The van der Waals surface area contributed by atoms with Gasteiger partial charge in [-0.05, 0) is 50.2 Å². The van der Waals surface area contributed by atoms with Crippen molar-refractivity contribution in [3.63, 3.8) is 0 Å². The molecule has 0 radical (unpaired) electrons. The lowest BCUT2D eigenvalue weighted by molar-refractivity contribution is -0.117. The van der Waals surface area contributed by atoms with E-state index in [9.17, 15) is 19.5 Å². The van der Waals surface area contributed by atoms with E-state index in [-0.39, 0.29) is 12.2 Å². The Morgan fingerprint density at radius 1 is 1.06 bits per heavy atom. The molecule has 8 heteroatoms. The quantitative estimate of drug-likeness (QED) is 0.679. The van der Waals surface area contributed by atoms with Gasteiger partial charge in [-0.15, -0.1) is 0 Å². The molecule has 0 saturated heterocycles. The highest BCUT2D eigenvalue weighted by atomic mass is 16.5. The molecule has 1 aliphatic rings. The van der Waals surface area contributed by atoms with Crippen LogP contribution in [0.1, 0.15) is 35.8 Å². The van der Waals surface area contributed by atoms with E-state index in [2.05, 4.69) is 0 Å². The zero-order valence-electron chi connectivity index (χ0n) is 17.7. The number of ketones is 1. The van der Waals surface area contributed by atoms with Crippen molar-refractivity contribution in [2.24, 2.45) is 0 Å². The second-order valence-corrected chi connectivity index (χ2v) is 6.77. The highest BCUT2D eigenvalue weighted by molar-refractivity contribution is 6.16. The summed E-state index contributed by atoms with van der Waals surface area (Å²) in [5.41, 5.74) is 1.17. The summed E-state index contributed by atoms with van der Waals surface area (Å²) < 4.78 is 15.7. The van der Waals surface area contributed by atoms with Crippen LogP contribution in [0.15, 0.2) is 53.8 Å². The molecule has 0 spiro atoms. The normalized spacial score (nSPS) is 15.8. The van der Waals surface area contributed by atoms with Crippen LogP contribution in [-0.2, 0) is 14.3 Å². The molecule has 1 N–H and O–H groups in total. The van der Waals surface area contributed by atoms with Crippen molar-refractivity contribution in [1.29, 1.82) is 0 Å². The first kappa shape index (κ1) is 21.9. The van der Waals surface area contributed by atoms with Crippen LogP contribution < -0.4 is 14.4 Å². The summed E-state index contributed by atoms with van der Waals surface area (Å²) in [4.78, 5) is 38.6. The van der Waals surface area contributed by atoms with E-state index in [1.807, 2.05) is 0 Å². The Bertz CT molecular complexity index is 1060. The van der Waals surface area contributed by atoms with Gasteiger partial charge in [0, 0.05) is 17.3 Å². The van der Waals surface area contributed by atoms with E-state index in [1.54, 1.807) is 37.3 Å². The molecule has 3 rings (SSSR count). The first-order valence-corrected chi connectivity index (χ1v) is 9.60. The van der Waals surface area contributed by atoms with Gasteiger partial charge in [0.15, 0.2) is 11.5 Å². The molecule has 1 amide bonds. The summed E-state index contributed by atoms with van der Waals surface area (Å²) in [6.45, 7) is 3.24. The summed E-state index contributed by atoms with van der Waals surface area (Å²) in [5, 5.41) is 10.5. The van der Waals surface area contributed by atoms with E-state index in [0.29, 0.717) is 28.3 Å². The lowest BCUT2D eigenvalue weighted by Crippen LogP contribution is -2.31. The molecule has 2 aromatic carbocycles. The molecule has 162 valence electrons. The average Bonchev–Trinajstić information content (AvgIpc) is 3.04. The second-order valence-electron chi connectivity index (χ2n) is 6.77. The van der Waals surface area contributed by atoms with Crippen molar-refractivity contribution in [3.8, 4) is 11.5 Å². The van der Waals surface area contributed by atoms with Crippen LogP contribution in [0.4, 0.5) is 5.69 Å². The molecular weight excluding hydrogens is 402 g/mol. The molecule has 31 heavy (non-hydrogen) atoms. The third-order valence-corrected chi connectivity index (χ3v) is 4.98. The summed E-state index contributed by atoms with van der Waals surface area (Å²) in [6.07, 6.45) is 0. The fourth-order valence-corrected chi connectivity index (χ4v) is 3.54. The molecule has 1 heterocycles. The number of hydrogen-bond acceptors (Lipinski definition) is 7. The van der Waals surface area contributed by atoms with Crippen molar-refractivity contribution in [1.82, 2.24) is 0 Å². The van der Waals surface area contributed by atoms with Gasteiger partial charge in [0.2, 0.25) is 0 Å². The minimum absolute atomic E-state index is 0.0389. The topological polar surface area (TPSA) is 102 Å². The molecule has 0 aromatic heterocycles. The zero-order chi connectivity index (χ0) is 22.7. The van der Waals surface area contributed by atoms with Crippen molar-refractivity contribution in [2.75, 3.05) is 25.7 Å². The van der Waals surface area contributed by atoms with Crippen LogP contribution in [-0.4, -0.2) is 43.6 Å². The number of carbonyl (C=O) groups excluding carboxylic acids is 3. The molecule has 0 aliphatic carbocycles. The Kier molecular flexibility index (Phi) is 6.29. The Hall–Kier alpha value is -3.81. The molecule has 8 nitrogen and oxygen atoms in total. The number of hydrogen-bond donors (Lipinski definition) is 1. The van der Waals surface area contributed by atoms with Crippen molar-refractivity contribution in [2.45, 2.75) is 19.9 Å². The Labute approximate surface area is 179 Å². The van der Waals surface area contributed by atoms with Crippen molar-refractivity contribution in [3.05, 3.63) is 64.9 Å². The highest BCUT2D eigenvalue weighted by Crippen LogP contribution is 2.44. The summed E-state index contributed by atoms with van der Waals surface area (Å²) in [6, 6.07) is 10.2. The second kappa shape index (κ2) is 8.91. The van der Waals surface area contributed by atoms with Gasteiger partial charge >= 0.3 is 5.97 Å². The molecule has 0 fully saturated rings. The number of methoxy groups -OCH3 is 2. The third-order valence-electron chi connectivity index (χ3n) is 4.98. The van der Waals surface area contributed by atoms with E-state index in [1.165, 1.54) is 38.2 Å². The van der Waals surface area contributed by atoms with Gasteiger partial charge < -0.3 is 19.3 Å². The molecule has 0 unspecified atom stereocenters. The average molecular weight is 425 g/mol. The molecular formula is C23H23NO7. The standard InChI is InChI=1S/C23H23NO7/c1-5-31-23(28)14-6-8-15(9-7-14)24-20(19(13(2)25)21(26)22(24)27)17-11-10-16(29-3)12-18(17)30-4/h6-12,20,26H,5H2,1-4H3/t20-/m0/s1. The number of anilines is 1. The van der Waals surface area contributed by atoms with Gasteiger partial charge in [0.1, 0.15) is 11.5 Å². The number of benzene rings is 2. The third kappa shape index (κ3) is 3.96. The van der Waals surface area contributed by atoms with Crippen LogP contribution in [0.2, 0.25) is 0 Å². The fourth-order valence-electron chi connectivity index (χ4n) is 3.54. The number of ether oxygens (including phenoxy) is 3. The van der Waals surface area contributed by atoms with Crippen molar-refractivity contribution >= 4 is 23.3 Å². The number of rotatable bonds is 7. The number of amides is 1. The number of Topliss-reactive ketones (excluding diaryl/α,β-unsaturated/α-hetero) is 1. The number of carbonyl (C=O) groups is 3. The number of aliphatic hydroxyl groups excluding tert-OH is 1. The van der Waals surface area contributed by atoms with Crippen molar-refractivity contribution < 1.29 is 33.7 Å². The first-order valence-electron chi connectivity index (χ1n) is 9.60. The van der Waals surface area contributed by atoms with E-state index in [0.717, 1.165) is 0 Å². The number of aliphatic hydroxyl groups is 1. The van der Waals surface area contributed by atoms with Gasteiger partial charge in [-0.2, -0.15) is 0 Å². The number of nitrogens with zero attached hydrogens (tertiary/aromatic N) is 1. The van der Waals surface area contributed by atoms with Gasteiger partial charge in [-0.1, -0.05) is 0 Å². The highest BCUT2D eigenvalue weighted by Gasteiger charge is 2.44. The summed E-state index contributed by atoms with van der Waals surface area (Å²) in [5.74, 6) is -1.35. The predicted molar refractivity (Wildman–Crippen MR) is 113 cm³/mol. The monoisotopic (exact) mass is 425 g/mol. The van der Waals surface area contributed by atoms with Gasteiger partial charge in [-0.25, -0.2) is 4.79 Å². The number of esters is 1.